The molecule has 0 spiro atoms. The molecule has 0 aliphatic rings. The molecule has 0 bridgehead atoms. The van der Waals surface area contributed by atoms with Crippen LogP contribution in [0, 0.1) is 5.92 Å². The molecule has 1 amide bonds. The predicted octanol–water partition coefficient (Wildman–Crippen LogP) is 3.60. The summed E-state index contributed by atoms with van der Waals surface area (Å²) >= 11 is 5.53. The molecule has 20 heavy (non-hydrogen) atoms. The lowest BCUT2D eigenvalue weighted by Gasteiger charge is -2.36. The van der Waals surface area contributed by atoms with Crippen LogP contribution in [0.2, 0.25) is 0 Å². The third-order valence-corrected chi connectivity index (χ3v) is 3.24. The molecule has 0 radical (unpaired) electrons. The number of thiocarbonyl (C=S) groups is 1. The number of unbranched alkanes of at least 4 members (excludes halogenated alkanes) is 1. The van der Waals surface area contributed by atoms with Gasteiger partial charge in [-0.1, -0.05) is 39.4 Å². The summed E-state index contributed by atoms with van der Waals surface area (Å²) in [6.07, 6.45) is 1.66. The summed E-state index contributed by atoms with van der Waals surface area (Å²) in [4.78, 5) is 14.5. The van der Waals surface area contributed by atoms with Crippen LogP contribution >= 0.6 is 12.2 Å². The smallest absolute Gasteiger partial charge is 0.410 e. The van der Waals surface area contributed by atoms with E-state index < -0.39 is 0 Å². The fraction of sp³-hybridized carbons (Fsp3) is 0.867. The first-order chi connectivity index (χ1) is 9.14. The highest BCUT2D eigenvalue weighted by atomic mass is 32.1. The second-order valence-corrected chi connectivity index (χ2v) is 6.88. The molecule has 0 saturated carbocycles. The van der Waals surface area contributed by atoms with E-state index in [0.717, 1.165) is 12.8 Å². The Morgan fingerprint density at radius 3 is 2.25 bits per heavy atom. The summed E-state index contributed by atoms with van der Waals surface area (Å²) in [6, 6.07) is -0.136. The van der Waals surface area contributed by atoms with Crippen molar-refractivity contribution in [2.75, 3.05) is 13.7 Å². The van der Waals surface area contributed by atoms with Crippen molar-refractivity contribution >= 4 is 23.3 Å². The zero-order valence-electron chi connectivity index (χ0n) is 13.9. The maximum absolute atomic E-state index is 12.1. The molecule has 4 nitrogen and oxygen atoms in total. The van der Waals surface area contributed by atoms with Gasteiger partial charge in [0, 0.05) is 12.1 Å². The number of nitrogens with zero attached hydrogens (tertiary/aromatic N) is 1. The molecule has 0 aliphatic heterocycles. The molecule has 0 rings (SSSR count). The zero-order chi connectivity index (χ0) is 15.9. The van der Waals surface area contributed by atoms with Gasteiger partial charge in [-0.05, 0) is 33.1 Å². The molecule has 0 aliphatic carbocycles. The number of carbonyl (C=O) groups excluding carboxylic acids is 1. The number of hydrogen-bond donors (Lipinski definition) is 1. The van der Waals surface area contributed by atoms with Crippen LogP contribution in [0.1, 0.15) is 54.4 Å². The largest absolute Gasteiger partial charge is 0.453 e. The second-order valence-electron chi connectivity index (χ2n) is 6.45. The molecule has 0 fully saturated rings. The van der Waals surface area contributed by atoms with E-state index in [4.69, 9.17) is 17.0 Å². The summed E-state index contributed by atoms with van der Waals surface area (Å²) < 4.78 is 4.92. The number of hydrogen-bond acceptors (Lipinski definition) is 3. The number of carbonyl (C=O) groups is 1. The van der Waals surface area contributed by atoms with Crippen molar-refractivity contribution in [2.45, 2.75) is 66.0 Å². The Bertz CT molecular complexity index is 324. The fourth-order valence-electron chi connectivity index (χ4n) is 2.04. The Morgan fingerprint density at radius 2 is 1.90 bits per heavy atom. The molecule has 1 atom stereocenters. The zero-order valence-corrected chi connectivity index (χ0v) is 14.8. The lowest BCUT2D eigenvalue weighted by atomic mass is 10.00. The molecule has 0 aromatic rings. The molecular weight excluding hydrogens is 272 g/mol. The number of nitrogens with one attached hydrogen (secondary N) is 1. The normalized spacial score (nSPS) is 13.0. The lowest BCUT2D eigenvalue weighted by molar-refractivity contribution is 0.106. The highest BCUT2D eigenvalue weighted by molar-refractivity contribution is 7.80. The molecule has 0 aromatic heterocycles. The van der Waals surface area contributed by atoms with Crippen molar-refractivity contribution in [3.05, 3.63) is 0 Å². The highest BCUT2D eigenvalue weighted by Gasteiger charge is 2.31. The Labute approximate surface area is 129 Å². The van der Waals surface area contributed by atoms with Gasteiger partial charge in [0.2, 0.25) is 0 Å². The molecular formula is C15H30N2O2S. The van der Waals surface area contributed by atoms with E-state index >= 15 is 0 Å². The van der Waals surface area contributed by atoms with Gasteiger partial charge >= 0.3 is 6.09 Å². The van der Waals surface area contributed by atoms with E-state index in [-0.39, 0.29) is 23.6 Å². The van der Waals surface area contributed by atoms with Crippen LogP contribution in [-0.2, 0) is 4.74 Å². The van der Waals surface area contributed by atoms with Crippen LogP contribution in [0.5, 0.6) is 0 Å². The highest BCUT2D eigenvalue weighted by Crippen LogP contribution is 2.16. The van der Waals surface area contributed by atoms with Crippen LogP contribution < -0.4 is 5.32 Å². The quantitative estimate of drug-likeness (QED) is 0.761. The van der Waals surface area contributed by atoms with Gasteiger partial charge in [0.05, 0.1) is 18.1 Å². The van der Waals surface area contributed by atoms with Crippen molar-refractivity contribution in [3.63, 3.8) is 0 Å². The fourth-order valence-corrected chi connectivity index (χ4v) is 2.74. The molecule has 1 N–H and O–H groups in total. The minimum absolute atomic E-state index is 0.114. The third kappa shape index (κ3) is 6.55. The van der Waals surface area contributed by atoms with Crippen molar-refractivity contribution in [1.29, 1.82) is 0 Å². The van der Waals surface area contributed by atoms with E-state index in [1.807, 2.05) is 0 Å². The molecule has 0 saturated heterocycles. The number of methoxy groups -OCH3 is 1. The molecule has 0 heterocycles. The number of rotatable bonds is 6. The van der Waals surface area contributed by atoms with Crippen molar-refractivity contribution in [3.8, 4) is 0 Å². The van der Waals surface area contributed by atoms with Gasteiger partial charge in [-0.3, -0.25) is 4.90 Å². The maximum Gasteiger partial charge on any atom is 0.410 e. The van der Waals surface area contributed by atoms with Crippen LogP contribution in [-0.4, -0.2) is 41.2 Å². The predicted molar refractivity (Wildman–Crippen MR) is 88.1 cm³/mol. The van der Waals surface area contributed by atoms with Crippen LogP contribution in [0.3, 0.4) is 0 Å². The van der Waals surface area contributed by atoms with Gasteiger partial charge < -0.3 is 10.1 Å². The molecule has 0 aromatic carbocycles. The average Bonchev–Trinajstić information content (AvgIpc) is 2.30. The van der Waals surface area contributed by atoms with Crippen molar-refractivity contribution < 1.29 is 9.53 Å². The van der Waals surface area contributed by atoms with Gasteiger partial charge in [0.25, 0.3) is 0 Å². The SMILES string of the molecule is CCCCN(C(=O)OC)C(C(=S)NC(C)(C)C)C(C)C. The van der Waals surface area contributed by atoms with Gasteiger partial charge in [-0.2, -0.15) is 0 Å². The number of amides is 1. The monoisotopic (exact) mass is 302 g/mol. The van der Waals surface area contributed by atoms with E-state index in [1.165, 1.54) is 7.11 Å². The summed E-state index contributed by atoms with van der Waals surface area (Å²) in [7, 11) is 1.42. The first-order valence-corrected chi connectivity index (χ1v) is 7.71. The van der Waals surface area contributed by atoms with Crippen LogP contribution in [0.15, 0.2) is 0 Å². The lowest BCUT2D eigenvalue weighted by Crippen LogP contribution is -2.55. The first kappa shape index (κ1) is 19.2. The standard InChI is InChI=1S/C15H30N2O2S/c1-8-9-10-17(14(18)19-7)12(11(2)3)13(20)16-15(4,5)6/h11-12H,8-10H2,1-7H3,(H,16,20). The molecule has 118 valence electrons. The minimum atomic E-state index is -0.310. The average molecular weight is 302 g/mol. The summed E-state index contributed by atoms with van der Waals surface area (Å²) in [6.45, 7) is 13.1. The van der Waals surface area contributed by atoms with Gasteiger partial charge in [0.1, 0.15) is 0 Å². The molecule has 1 unspecified atom stereocenters. The Balaban J connectivity index is 5.16. The second kappa shape index (κ2) is 8.45. The minimum Gasteiger partial charge on any atom is -0.453 e. The Hall–Kier alpha value is -0.840. The topological polar surface area (TPSA) is 41.6 Å². The van der Waals surface area contributed by atoms with Crippen molar-refractivity contribution in [1.82, 2.24) is 10.2 Å². The van der Waals surface area contributed by atoms with Gasteiger partial charge in [0.15, 0.2) is 0 Å². The summed E-state index contributed by atoms with van der Waals surface area (Å²) in [5, 5.41) is 3.32. The molecule has 5 heteroatoms. The van der Waals surface area contributed by atoms with Crippen LogP contribution in [0.25, 0.3) is 0 Å². The van der Waals surface area contributed by atoms with E-state index in [2.05, 4.69) is 46.9 Å². The number of ether oxygens (including phenoxy) is 1. The van der Waals surface area contributed by atoms with Crippen molar-refractivity contribution in [2.24, 2.45) is 5.92 Å². The van der Waals surface area contributed by atoms with Gasteiger partial charge in [-0.25, -0.2) is 4.79 Å². The summed E-state index contributed by atoms with van der Waals surface area (Å²) in [5.41, 5.74) is -0.114. The Morgan fingerprint density at radius 1 is 1.35 bits per heavy atom. The van der Waals surface area contributed by atoms with E-state index in [0.29, 0.717) is 11.5 Å². The van der Waals surface area contributed by atoms with E-state index in [1.54, 1.807) is 4.90 Å². The third-order valence-electron chi connectivity index (χ3n) is 2.90. The summed E-state index contributed by atoms with van der Waals surface area (Å²) in [5.74, 6) is 0.230. The van der Waals surface area contributed by atoms with Gasteiger partial charge in [-0.15, -0.1) is 0 Å². The first-order valence-electron chi connectivity index (χ1n) is 7.30. The maximum atomic E-state index is 12.1. The van der Waals surface area contributed by atoms with Crippen LogP contribution in [0.4, 0.5) is 4.79 Å². The Kier molecular flexibility index (Phi) is 8.09. The van der Waals surface area contributed by atoms with E-state index in [9.17, 15) is 4.79 Å².